The van der Waals surface area contributed by atoms with E-state index in [9.17, 15) is 0 Å². The fraction of sp³-hybridized carbons (Fsp3) is 0.529. The lowest BCUT2D eigenvalue weighted by Gasteiger charge is -2.65. The van der Waals surface area contributed by atoms with Crippen molar-refractivity contribution in [3.63, 3.8) is 0 Å². The Bertz CT molecular complexity index is 865. The lowest BCUT2D eigenvalue weighted by atomic mass is 9.75. The van der Waals surface area contributed by atoms with Crippen LogP contribution in [0.4, 0.5) is 0 Å². The number of hydrogen-bond donors (Lipinski definition) is 0. The molecule has 1 aliphatic carbocycles. The molecule has 0 amide bonds. The Balaban J connectivity index is 1.34. The van der Waals surface area contributed by atoms with E-state index in [1.165, 1.54) is 30.9 Å². The maximum atomic E-state index is 5.45. The van der Waals surface area contributed by atoms with Gasteiger partial charge in [-0.3, -0.25) is 4.90 Å². The molecule has 0 N–H and O–H groups in total. The van der Waals surface area contributed by atoms with Crippen LogP contribution in [0.3, 0.4) is 0 Å². The minimum Gasteiger partial charge on any atom is -0.465 e. The Hall–Kier alpha value is -1.88. The summed E-state index contributed by atoms with van der Waals surface area (Å²) in [4.78, 5) is 2.68. The molecule has 2 aromatic heterocycles. The first-order valence-electron chi connectivity index (χ1n) is 8.30. The number of nitrogens with zero attached hydrogens (tertiary/aromatic N) is 4. The van der Waals surface area contributed by atoms with Gasteiger partial charge in [0, 0.05) is 36.1 Å². The minimum atomic E-state index is 0.177. The van der Waals surface area contributed by atoms with Crippen molar-refractivity contribution in [3.05, 3.63) is 34.9 Å². The second-order valence-corrected chi connectivity index (χ2v) is 7.22. The third kappa shape index (κ3) is 1.25. The number of fused-ring (bicyclic) bond motifs is 1. The fourth-order valence-corrected chi connectivity index (χ4v) is 5.18. The summed E-state index contributed by atoms with van der Waals surface area (Å²) in [5.41, 5.74) is 2.25. The standard InChI is InChI=1S/C17H18N4O/c1-4-16-12(5-6-22-16)7-11(1)15-10-20(19-18-15)17-8-13-2-3-14(9-17)21(13)17/h4-7,10-11,13-14H,1-3,8-9H2. The normalized spacial score (nSPS) is 38.3. The number of rotatable bonds is 2. The molecule has 2 aromatic rings. The van der Waals surface area contributed by atoms with E-state index in [-0.39, 0.29) is 5.66 Å². The first kappa shape index (κ1) is 11.7. The van der Waals surface area contributed by atoms with Crippen molar-refractivity contribution in [2.75, 3.05) is 0 Å². The van der Waals surface area contributed by atoms with Gasteiger partial charge >= 0.3 is 0 Å². The van der Waals surface area contributed by atoms with E-state index < -0.39 is 0 Å². The van der Waals surface area contributed by atoms with E-state index in [0.29, 0.717) is 5.92 Å². The van der Waals surface area contributed by atoms with Gasteiger partial charge in [-0.2, -0.15) is 0 Å². The predicted octanol–water partition coefficient (Wildman–Crippen LogP) is 0.913. The van der Waals surface area contributed by atoms with E-state index in [1.54, 1.807) is 6.26 Å². The highest BCUT2D eigenvalue weighted by Crippen LogP contribution is 2.60. The Labute approximate surface area is 127 Å². The zero-order valence-electron chi connectivity index (χ0n) is 12.4. The third-order valence-electron chi connectivity index (χ3n) is 6.21. The maximum absolute atomic E-state index is 5.45. The Kier molecular flexibility index (Phi) is 1.97. The number of aromatic nitrogens is 3. The zero-order chi connectivity index (χ0) is 14.3. The number of furan rings is 1. The summed E-state index contributed by atoms with van der Waals surface area (Å²) in [5, 5.41) is 10.2. The first-order chi connectivity index (χ1) is 10.8. The van der Waals surface area contributed by atoms with Crippen LogP contribution in [0.15, 0.2) is 22.9 Å². The van der Waals surface area contributed by atoms with Crippen molar-refractivity contribution in [1.29, 1.82) is 0 Å². The molecule has 0 bridgehead atoms. The summed E-state index contributed by atoms with van der Waals surface area (Å²) >= 11 is 0. The van der Waals surface area contributed by atoms with Crippen LogP contribution in [-0.2, 0) is 5.66 Å². The molecule has 5 heteroatoms. The molecule has 6 rings (SSSR count). The first-order valence-corrected chi connectivity index (χ1v) is 8.30. The van der Waals surface area contributed by atoms with Gasteiger partial charge in [0.15, 0.2) is 0 Å². The molecule has 0 radical (unpaired) electrons. The van der Waals surface area contributed by atoms with Crippen LogP contribution in [0.2, 0.25) is 0 Å². The van der Waals surface area contributed by atoms with Crippen molar-refractivity contribution >= 4 is 12.2 Å². The number of hydrogen-bond acceptors (Lipinski definition) is 4. The van der Waals surface area contributed by atoms with Crippen molar-refractivity contribution < 1.29 is 4.42 Å². The van der Waals surface area contributed by atoms with Crippen LogP contribution in [0.25, 0.3) is 12.2 Å². The molecule has 112 valence electrons. The molecule has 3 aliphatic heterocycles. The van der Waals surface area contributed by atoms with Gasteiger partial charge in [0.25, 0.3) is 0 Å². The Morgan fingerprint density at radius 3 is 2.95 bits per heavy atom. The predicted molar refractivity (Wildman–Crippen MR) is 80.1 cm³/mol. The smallest absolute Gasteiger partial charge is 0.129 e. The summed E-state index contributed by atoms with van der Waals surface area (Å²) in [7, 11) is 0. The molecule has 22 heavy (non-hydrogen) atoms. The summed E-state index contributed by atoms with van der Waals surface area (Å²) < 4.78 is 7.60. The fourth-order valence-electron chi connectivity index (χ4n) is 5.18. The van der Waals surface area contributed by atoms with Crippen LogP contribution in [0.5, 0.6) is 0 Å². The second-order valence-electron chi connectivity index (χ2n) is 7.22. The average molecular weight is 294 g/mol. The van der Waals surface area contributed by atoms with Crippen LogP contribution in [0.1, 0.15) is 43.7 Å². The molecule has 3 saturated heterocycles. The molecular weight excluding hydrogens is 276 g/mol. The van der Waals surface area contributed by atoms with E-state index in [2.05, 4.69) is 38.2 Å². The summed E-state index contributed by atoms with van der Waals surface area (Å²) in [6, 6.07) is 3.65. The molecule has 3 fully saturated rings. The molecular formula is C17H18N4O. The van der Waals surface area contributed by atoms with Gasteiger partial charge in [-0.1, -0.05) is 11.3 Å². The van der Waals surface area contributed by atoms with E-state index in [1.807, 2.05) is 6.07 Å². The van der Waals surface area contributed by atoms with Gasteiger partial charge in [0.1, 0.15) is 11.1 Å². The van der Waals surface area contributed by atoms with Crippen LogP contribution in [0, 0.1) is 0 Å². The summed E-state index contributed by atoms with van der Waals surface area (Å²) in [6.45, 7) is 0. The molecule has 5 nitrogen and oxygen atoms in total. The van der Waals surface area contributed by atoms with Crippen molar-refractivity contribution in [2.24, 2.45) is 0 Å². The lowest BCUT2D eigenvalue weighted by Crippen LogP contribution is -2.75. The van der Waals surface area contributed by atoms with Crippen molar-refractivity contribution in [2.45, 2.75) is 55.8 Å². The highest BCUT2D eigenvalue weighted by Gasteiger charge is 2.67. The third-order valence-corrected chi connectivity index (χ3v) is 6.21. The van der Waals surface area contributed by atoms with Gasteiger partial charge in [0.05, 0.1) is 18.2 Å². The molecule has 3 atom stereocenters. The monoisotopic (exact) mass is 294 g/mol. The summed E-state index contributed by atoms with van der Waals surface area (Å²) in [6.07, 6.45) is 14.6. The molecule has 0 aromatic carbocycles. The lowest BCUT2D eigenvalue weighted by molar-refractivity contribution is -0.225. The van der Waals surface area contributed by atoms with Gasteiger partial charge in [0.2, 0.25) is 0 Å². The zero-order valence-corrected chi connectivity index (χ0v) is 12.4. The largest absolute Gasteiger partial charge is 0.465 e. The molecule has 4 aliphatic rings. The maximum Gasteiger partial charge on any atom is 0.129 e. The van der Waals surface area contributed by atoms with Gasteiger partial charge in [-0.15, -0.1) is 5.10 Å². The highest BCUT2D eigenvalue weighted by molar-refractivity contribution is 5.44. The van der Waals surface area contributed by atoms with Crippen LogP contribution in [-0.4, -0.2) is 32.0 Å². The van der Waals surface area contributed by atoms with E-state index in [0.717, 1.165) is 29.6 Å². The van der Waals surface area contributed by atoms with E-state index >= 15 is 0 Å². The van der Waals surface area contributed by atoms with Crippen LogP contribution < -0.4 is 10.6 Å². The SMILES string of the molecule is C1=c2ccoc2=CCC1c1cn(C23CC4CCC(C2)N43)nn1. The highest BCUT2D eigenvalue weighted by atomic mass is 16.3. The molecule has 3 unspecified atom stereocenters. The summed E-state index contributed by atoms with van der Waals surface area (Å²) in [5.74, 6) is 0.320. The van der Waals surface area contributed by atoms with Crippen molar-refractivity contribution in [1.82, 2.24) is 19.9 Å². The Morgan fingerprint density at radius 1 is 1.23 bits per heavy atom. The topological polar surface area (TPSA) is 47.1 Å². The van der Waals surface area contributed by atoms with Gasteiger partial charge < -0.3 is 4.42 Å². The van der Waals surface area contributed by atoms with Gasteiger partial charge in [-0.05, 0) is 31.4 Å². The quantitative estimate of drug-likeness (QED) is 0.826. The van der Waals surface area contributed by atoms with Crippen molar-refractivity contribution in [3.8, 4) is 0 Å². The van der Waals surface area contributed by atoms with E-state index in [4.69, 9.17) is 4.42 Å². The molecule has 0 saturated carbocycles. The number of piperidine rings is 1. The minimum absolute atomic E-state index is 0.177. The molecule has 0 spiro atoms. The van der Waals surface area contributed by atoms with Crippen LogP contribution >= 0.6 is 0 Å². The Morgan fingerprint density at radius 2 is 2.09 bits per heavy atom. The van der Waals surface area contributed by atoms with Gasteiger partial charge in [-0.25, -0.2) is 4.68 Å². The second kappa shape index (κ2) is 3.71. The average Bonchev–Trinajstić information content (AvgIpc) is 3.18. The molecule has 5 heterocycles.